The minimum atomic E-state index is -1.17. The average Bonchev–Trinajstić information content (AvgIpc) is 3.49. The molecular weight excluding hydrogens is 688 g/mol. The SMILES string of the molecule is C=CC(C1=CC(=O)C(OC)=CC1=O)c1ccccc1.CC(=O)OC1CC2(C)C(c3ccoc3)CC3OC32C2(C)C(=O)C(O)=C3C(C)(C)C(=O)C=CC3(C)C12. The third-order valence-electron chi connectivity index (χ3n) is 13.4. The van der Waals surface area contributed by atoms with Gasteiger partial charge in [-0.15, -0.1) is 6.58 Å². The van der Waals surface area contributed by atoms with Crippen LogP contribution in [-0.2, 0) is 38.2 Å². The highest BCUT2D eigenvalue weighted by molar-refractivity contribution is 6.19. The molecular formula is C44H46O10. The number of ketones is 4. The Morgan fingerprint density at radius 1 is 1.02 bits per heavy atom. The van der Waals surface area contributed by atoms with Crippen molar-refractivity contribution in [3.8, 4) is 0 Å². The molecule has 54 heavy (non-hydrogen) atoms. The summed E-state index contributed by atoms with van der Waals surface area (Å²) in [4.78, 5) is 63.4. The third kappa shape index (κ3) is 4.91. The summed E-state index contributed by atoms with van der Waals surface area (Å²) in [5.74, 6) is -2.56. The van der Waals surface area contributed by atoms with Crippen molar-refractivity contribution in [3.05, 3.63) is 120 Å². The summed E-state index contributed by atoms with van der Waals surface area (Å²) >= 11 is 0. The first-order valence-corrected chi connectivity index (χ1v) is 18.3. The van der Waals surface area contributed by atoms with Gasteiger partial charge < -0.3 is 23.7 Å². The number of fused-ring (bicyclic) bond motifs is 3. The predicted octanol–water partition coefficient (Wildman–Crippen LogP) is 7.00. The fourth-order valence-electron chi connectivity index (χ4n) is 11.3. The molecule has 9 atom stereocenters. The summed E-state index contributed by atoms with van der Waals surface area (Å²) in [5.41, 5.74) is -1.71. The summed E-state index contributed by atoms with van der Waals surface area (Å²) in [7, 11) is 1.37. The molecule has 2 heterocycles. The Balaban J connectivity index is 0.000000201. The molecule has 10 nitrogen and oxygen atoms in total. The van der Waals surface area contributed by atoms with Gasteiger partial charge in [-0.1, -0.05) is 56.3 Å². The number of benzene rings is 1. The lowest BCUT2D eigenvalue weighted by molar-refractivity contribution is -0.200. The maximum absolute atomic E-state index is 14.3. The van der Waals surface area contributed by atoms with Gasteiger partial charge in [-0.3, -0.25) is 24.0 Å². The van der Waals surface area contributed by atoms with Crippen LogP contribution in [0.1, 0.15) is 77.3 Å². The molecule has 2 aromatic rings. The van der Waals surface area contributed by atoms with Crippen LogP contribution in [0.4, 0.5) is 0 Å². The van der Waals surface area contributed by atoms with E-state index in [2.05, 4.69) is 13.5 Å². The molecule has 6 aliphatic rings. The van der Waals surface area contributed by atoms with Crippen molar-refractivity contribution in [1.29, 1.82) is 0 Å². The van der Waals surface area contributed by atoms with Crippen LogP contribution < -0.4 is 0 Å². The van der Waals surface area contributed by atoms with Gasteiger partial charge in [-0.2, -0.15) is 0 Å². The van der Waals surface area contributed by atoms with Gasteiger partial charge in [0.2, 0.25) is 11.6 Å². The van der Waals surface area contributed by atoms with Crippen LogP contribution in [0, 0.1) is 27.6 Å². The number of carbonyl (C=O) groups excluding carboxylic acids is 5. The van der Waals surface area contributed by atoms with E-state index in [1.807, 2.05) is 50.2 Å². The molecule has 5 aliphatic carbocycles. The number of esters is 1. The minimum Gasteiger partial charge on any atom is -0.504 e. The summed E-state index contributed by atoms with van der Waals surface area (Å²) in [6, 6.07) is 11.4. The molecule has 282 valence electrons. The second-order valence-corrected chi connectivity index (χ2v) is 16.5. The van der Waals surface area contributed by atoms with Crippen molar-refractivity contribution in [2.45, 2.75) is 84.0 Å². The van der Waals surface area contributed by atoms with Crippen LogP contribution >= 0.6 is 0 Å². The number of hydrogen-bond acceptors (Lipinski definition) is 10. The molecule has 9 unspecified atom stereocenters. The summed E-state index contributed by atoms with van der Waals surface area (Å²) < 4.78 is 22.8. The van der Waals surface area contributed by atoms with E-state index in [0.29, 0.717) is 24.0 Å². The molecule has 1 aromatic heterocycles. The molecule has 0 amide bonds. The number of aliphatic hydroxyl groups is 1. The number of epoxide rings is 1. The molecule has 1 saturated heterocycles. The first kappa shape index (κ1) is 37.2. The molecule has 1 N–H and O–H groups in total. The van der Waals surface area contributed by atoms with Gasteiger partial charge in [-0.05, 0) is 74.4 Å². The number of carbonyl (C=O) groups is 5. The lowest BCUT2D eigenvalue weighted by atomic mass is 9.38. The standard InChI is InChI=1S/C28H32O7.C16H14O3/c1-14(29)34-17-12-26(5)16(15-8-10-33-13-15)11-19-28(26,35-19)27(6)21(17)25(4)9-7-18(30)24(2,3)22(25)20(31)23(27)32;1-3-12(11-7-5-4-6-8-11)13-9-15(18)16(19-2)10-14(13)17/h7-10,13,16-17,19,21,31H,11-12H2,1-6H3;3-10,12H,1H2,2H3. The van der Waals surface area contributed by atoms with Crippen molar-refractivity contribution >= 4 is 29.1 Å². The molecule has 1 aromatic carbocycles. The van der Waals surface area contributed by atoms with Gasteiger partial charge in [0, 0.05) is 41.2 Å². The largest absolute Gasteiger partial charge is 0.504 e. The molecule has 0 radical (unpaired) electrons. The zero-order chi connectivity index (χ0) is 39.2. The lowest BCUT2D eigenvalue weighted by Gasteiger charge is -2.64. The smallest absolute Gasteiger partial charge is 0.302 e. The maximum atomic E-state index is 14.3. The van der Waals surface area contributed by atoms with Gasteiger partial charge in [0.05, 0.1) is 36.6 Å². The van der Waals surface area contributed by atoms with E-state index in [0.717, 1.165) is 11.1 Å². The second-order valence-electron chi connectivity index (χ2n) is 16.5. The Hall–Kier alpha value is -5.09. The molecule has 0 bridgehead atoms. The number of hydrogen-bond donors (Lipinski definition) is 1. The Bertz CT molecular complexity index is 2100. The van der Waals surface area contributed by atoms with E-state index in [1.54, 1.807) is 44.6 Å². The van der Waals surface area contributed by atoms with E-state index in [-0.39, 0.29) is 46.8 Å². The van der Waals surface area contributed by atoms with Crippen LogP contribution in [0.5, 0.6) is 0 Å². The molecule has 10 heteroatoms. The Morgan fingerprint density at radius 2 is 1.72 bits per heavy atom. The Kier molecular flexibility index (Phi) is 8.61. The number of methoxy groups -OCH3 is 1. The molecule has 1 aliphatic heterocycles. The van der Waals surface area contributed by atoms with Crippen LogP contribution in [0.3, 0.4) is 0 Å². The van der Waals surface area contributed by atoms with Gasteiger partial charge in [0.25, 0.3) is 0 Å². The van der Waals surface area contributed by atoms with Crippen molar-refractivity contribution in [2.75, 3.05) is 7.11 Å². The Morgan fingerprint density at radius 3 is 2.33 bits per heavy atom. The van der Waals surface area contributed by atoms with E-state index in [1.165, 1.54) is 26.2 Å². The van der Waals surface area contributed by atoms with Gasteiger partial charge in [0.15, 0.2) is 23.1 Å². The third-order valence-corrected chi connectivity index (χ3v) is 13.4. The van der Waals surface area contributed by atoms with Crippen molar-refractivity contribution in [1.82, 2.24) is 0 Å². The number of allylic oxidation sites excluding steroid dienone is 8. The van der Waals surface area contributed by atoms with Crippen LogP contribution in [0.15, 0.2) is 113 Å². The van der Waals surface area contributed by atoms with Crippen molar-refractivity contribution in [2.24, 2.45) is 27.6 Å². The van der Waals surface area contributed by atoms with E-state index in [9.17, 15) is 29.1 Å². The average molecular weight is 735 g/mol. The highest BCUT2D eigenvalue weighted by Gasteiger charge is 2.89. The van der Waals surface area contributed by atoms with E-state index >= 15 is 0 Å². The van der Waals surface area contributed by atoms with Crippen molar-refractivity contribution in [3.63, 3.8) is 0 Å². The highest BCUT2D eigenvalue weighted by Crippen LogP contribution is 2.81. The fraction of sp³-hybridized carbons (Fsp3) is 0.432. The van der Waals surface area contributed by atoms with E-state index in [4.69, 9.17) is 18.6 Å². The van der Waals surface area contributed by atoms with Crippen molar-refractivity contribution < 1.29 is 47.7 Å². The topological polar surface area (TPSA) is 150 Å². The van der Waals surface area contributed by atoms with Crippen LogP contribution in [0.2, 0.25) is 0 Å². The Labute approximate surface area is 314 Å². The van der Waals surface area contributed by atoms with E-state index < -0.39 is 51.0 Å². The molecule has 8 rings (SSSR count). The zero-order valence-corrected chi connectivity index (χ0v) is 31.6. The normalized spacial score (nSPS) is 36.3. The minimum absolute atomic E-state index is 0.0453. The molecule has 2 saturated carbocycles. The van der Waals surface area contributed by atoms with Gasteiger partial charge in [0.1, 0.15) is 11.7 Å². The fourth-order valence-corrected chi connectivity index (χ4v) is 11.3. The summed E-state index contributed by atoms with van der Waals surface area (Å²) in [6.07, 6.45) is 11.4. The summed E-state index contributed by atoms with van der Waals surface area (Å²) in [6.45, 7) is 14.6. The van der Waals surface area contributed by atoms with Crippen LogP contribution in [0.25, 0.3) is 0 Å². The predicted molar refractivity (Wildman–Crippen MR) is 197 cm³/mol. The molecule has 1 spiro atoms. The highest BCUT2D eigenvalue weighted by atomic mass is 16.6. The number of Topliss-reactive ketones (excluding diaryl/α,β-unsaturated/α-hetero) is 1. The number of aliphatic hydroxyl groups excluding tert-OH is 1. The first-order valence-electron chi connectivity index (χ1n) is 18.3. The number of ether oxygens (including phenoxy) is 3. The van der Waals surface area contributed by atoms with Gasteiger partial charge in [-0.25, -0.2) is 0 Å². The molecule has 3 fully saturated rings. The second kappa shape index (κ2) is 12.5. The van der Waals surface area contributed by atoms with Gasteiger partial charge >= 0.3 is 5.97 Å². The number of rotatable bonds is 6. The monoisotopic (exact) mass is 734 g/mol. The number of furan rings is 1. The first-order chi connectivity index (χ1) is 25.4. The van der Waals surface area contributed by atoms with Crippen LogP contribution in [-0.4, -0.2) is 59.1 Å². The zero-order valence-electron chi connectivity index (χ0n) is 31.6. The quantitative estimate of drug-likeness (QED) is 0.142. The lowest BCUT2D eigenvalue weighted by Crippen LogP contribution is -2.70. The maximum Gasteiger partial charge on any atom is 0.302 e. The summed E-state index contributed by atoms with van der Waals surface area (Å²) in [5, 5.41) is 11.5.